The molecule has 0 aliphatic rings. The number of benzene rings is 1. The highest BCUT2D eigenvalue weighted by Gasteiger charge is 1.98. The molecule has 23 heavy (non-hydrogen) atoms. The summed E-state index contributed by atoms with van der Waals surface area (Å²) in [5.41, 5.74) is 2.57. The smallest absolute Gasteiger partial charge is 0.191 e. The minimum absolute atomic E-state index is 0.810. The zero-order chi connectivity index (χ0) is 16.9. The SMILES string of the molecule is CN=C(NCCCCCCCN(C)C)NCc1ccc(C)cc1. The Balaban J connectivity index is 2.07. The Kier molecular flexibility index (Phi) is 10.1. The third-order valence-electron chi connectivity index (χ3n) is 3.88. The molecule has 0 saturated carbocycles. The fraction of sp³-hybridized carbons (Fsp3) is 0.632. The van der Waals surface area contributed by atoms with Crippen LogP contribution in [0.25, 0.3) is 0 Å². The van der Waals surface area contributed by atoms with Gasteiger partial charge in [-0.05, 0) is 46.0 Å². The maximum absolute atomic E-state index is 4.28. The van der Waals surface area contributed by atoms with E-state index in [9.17, 15) is 0 Å². The van der Waals surface area contributed by atoms with Gasteiger partial charge in [-0.1, -0.05) is 49.1 Å². The summed E-state index contributed by atoms with van der Waals surface area (Å²) in [4.78, 5) is 6.53. The number of hydrogen-bond acceptors (Lipinski definition) is 2. The second-order valence-corrected chi connectivity index (χ2v) is 6.41. The van der Waals surface area contributed by atoms with Crippen molar-refractivity contribution in [3.63, 3.8) is 0 Å². The molecule has 1 rings (SSSR count). The van der Waals surface area contributed by atoms with E-state index in [2.05, 4.69) is 65.8 Å². The first-order chi connectivity index (χ1) is 11.1. The van der Waals surface area contributed by atoms with E-state index in [4.69, 9.17) is 0 Å². The summed E-state index contributed by atoms with van der Waals surface area (Å²) < 4.78 is 0. The van der Waals surface area contributed by atoms with E-state index in [0.29, 0.717) is 0 Å². The quantitative estimate of drug-likeness (QED) is 0.395. The normalized spacial score (nSPS) is 11.8. The molecule has 4 heteroatoms. The lowest BCUT2D eigenvalue weighted by atomic mass is 10.1. The van der Waals surface area contributed by atoms with Crippen molar-refractivity contribution in [2.24, 2.45) is 4.99 Å². The molecule has 1 aromatic rings. The van der Waals surface area contributed by atoms with Crippen molar-refractivity contribution < 1.29 is 0 Å². The lowest BCUT2D eigenvalue weighted by Gasteiger charge is -2.12. The summed E-state index contributed by atoms with van der Waals surface area (Å²) in [6.45, 7) is 5.11. The van der Waals surface area contributed by atoms with Gasteiger partial charge in [-0.3, -0.25) is 4.99 Å². The van der Waals surface area contributed by atoms with E-state index in [1.807, 2.05) is 7.05 Å². The molecule has 0 aromatic heterocycles. The Hall–Kier alpha value is -1.55. The van der Waals surface area contributed by atoms with Crippen LogP contribution in [0.5, 0.6) is 0 Å². The van der Waals surface area contributed by atoms with Crippen LogP contribution in [0.1, 0.15) is 43.2 Å². The molecule has 130 valence electrons. The predicted molar refractivity (Wildman–Crippen MR) is 101 cm³/mol. The van der Waals surface area contributed by atoms with Crippen molar-refractivity contribution in [3.8, 4) is 0 Å². The molecule has 0 heterocycles. The van der Waals surface area contributed by atoms with Gasteiger partial charge in [-0.2, -0.15) is 0 Å². The van der Waals surface area contributed by atoms with E-state index >= 15 is 0 Å². The number of nitrogens with one attached hydrogen (secondary N) is 2. The van der Waals surface area contributed by atoms with Crippen LogP contribution in [-0.2, 0) is 6.54 Å². The molecule has 0 aliphatic carbocycles. The third-order valence-corrected chi connectivity index (χ3v) is 3.88. The fourth-order valence-corrected chi connectivity index (χ4v) is 2.40. The summed E-state index contributed by atoms with van der Waals surface area (Å²) in [7, 11) is 6.10. The molecular weight excluding hydrogens is 284 g/mol. The van der Waals surface area contributed by atoms with E-state index in [0.717, 1.165) is 19.0 Å². The number of aryl methyl sites for hydroxylation is 1. The zero-order valence-corrected chi connectivity index (χ0v) is 15.4. The van der Waals surface area contributed by atoms with Crippen LogP contribution in [0.3, 0.4) is 0 Å². The molecule has 1 aromatic carbocycles. The lowest BCUT2D eigenvalue weighted by molar-refractivity contribution is 0.389. The first-order valence-electron chi connectivity index (χ1n) is 8.76. The molecule has 0 amide bonds. The van der Waals surface area contributed by atoms with Crippen LogP contribution in [0, 0.1) is 6.92 Å². The molecule has 0 saturated heterocycles. The van der Waals surface area contributed by atoms with Gasteiger partial charge in [0.15, 0.2) is 5.96 Å². The summed E-state index contributed by atoms with van der Waals surface area (Å²) in [5, 5.41) is 6.75. The monoisotopic (exact) mass is 318 g/mol. The Morgan fingerprint density at radius 1 is 0.957 bits per heavy atom. The molecule has 0 unspecified atom stereocenters. The van der Waals surface area contributed by atoms with E-state index in [-0.39, 0.29) is 0 Å². The molecule has 0 aliphatic heterocycles. The van der Waals surface area contributed by atoms with Crippen LogP contribution in [0.4, 0.5) is 0 Å². The molecule has 0 bridgehead atoms. The molecule has 0 fully saturated rings. The van der Waals surface area contributed by atoms with Crippen molar-refractivity contribution in [1.82, 2.24) is 15.5 Å². The first kappa shape index (κ1) is 19.5. The highest BCUT2D eigenvalue weighted by molar-refractivity contribution is 5.79. The molecule has 2 N–H and O–H groups in total. The number of aliphatic imine (C=N–C) groups is 1. The third kappa shape index (κ3) is 9.95. The number of guanidine groups is 1. The molecule has 4 nitrogen and oxygen atoms in total. The zero-order valence-electron chi connectivity index (χ0n) is 15.4. The number of hydrogen-bond donors (Lipinski definition) is 2. The van der Waals surface area contributed by atoms with Gasteiger partial charge >= 0.3 is 0 Å². The van der Waals surface area contributed by atoms with Gasteiger partial charge in [0.05, 0.1) is 0 Å². The van der Waals surface area contributed by atoms with Gasteiger partial charge in [0.25, 0.3) is 0 Å². The summed E-state index contributed by atoms with van der Waals surface area (Å²) in [6, 6.07) is 8.60. The number of rotatable bonds is 10. The second-order valence-electron chi connectivity index (χ2n) is 6.41. The average Bonchev–Trinajstić information content (AvgIpc) is 2.54. The predicted octanol–water partition coefficient (Wildman–Crippen LogP) is 3.17. The van der Waals surface area contributed by atoms with Crippen molar-refractivity contribution in [1.29, 1.82) is 0 Å². The Bertz CT molecular complexity index is 437. The average molecular weight is 319 g/mol. The van der Waals surface area contributed by atoms with E-state index in [1.165, 1.54) is 49.8 Å². The largest absolute Gasteiger partial charge is 0.356 e. The molecular formula is C19H34N4. The van der Waals surface area contributed by atoms with Gasteiger partial charge in [-0.15, -0.1) is 0 Å². The Morgan fingerprint density at radius 3 is 2.26 bits per heavy atom. The summed E-state index contributed by atoms with van der Waals surface area (Å²) >= 11 is 0. The maximum Gasteiger partial charge on any atom is 0.191 e. The first-order valence-corrected chi connectivity index (χ1v) is 8.76. The van der Waals surface area contributed by atoms with Gasteiger partial charge in [-0.25, -0.2) is 0 Å². The highest BCUT2D eigenvalue weighted by atomic mass is 15.2. The molecule has 0 spiro atoms. The maximum atomic E-state index is 4.28. The Morgan fingerprint density at radius 2 is 1.61 bits per heavy atom. The van der Waals surface area contributed by atoms with Gasteiger partial charge in [0.2, 0.25) is 0 Å². The number of unbranched alkanes of at least 4 members (excludes halogenated alkanes) is 4. The van der Waals surface area contributed by atoms with Gasteiger partial charge in [0.1, 0.15) is 0 Å². The lowest BCUT2D eigenvalue weighted by Crippen LogP contribution is -2.37. The van der Waals surface area contributed by atoms with Gasteiger partial charge in [0, 0.05) is 20.1 Å². The van der Waals surface area contributed by atoms with Crippen molar-refractivity contribution in [2.45, 2.75) is 45.6 Å². The van der Waals surface area contributed by atoms with Crippen molar-refractivity contribution in [3.05, 3.63) is 35.4 Å². The van der Waals surface area contributed by atoms with Crippen molar-refractivity contribution in [2.75, 3.05) is 34.2 Å². The van der Waals surface area contributed by atoms with Crippen LogP contribution in [-0.4, -0.2) is 45.1 Å². The fourth-order valence-electron chi connectivity index (χ4n) is 2.40. The van der Waals surface area contributed by atoms with Crippen LogP contribution >= 0.6 is 0 Å². The van der Waals surface area contributed by atoms with Gasteiger partial charge < -0.3 is 15.5 Å². The highest BCUT2D eigenvalue weighted by Crippen LogP contribution is 2.03. The van der Waals surface area contributed by atoms with Crippen LogP contribution in [0.15, 0.2) is 29.3 Å². The van der Waals surface area contributed by atoms with Crippen LogP contribution < -0.4 is 10.6 Å². The number of nitrogens with zero attached hydrogens (tertiary/aromatic N) is 2. The topological polar surface area (TPSA) is 39.7 Å². The van der Waals surface area contributed by atoms with E-state index in [1.54, 1.807) is 0 Å². The second kappa shape index (κ2) is 11.9. The van der Waals surface area contributed by atoms with Crippen molar-refractivity contribution >= 4 is 5.96 Å². The minimum Gasteiger partial charge on any atom is -0.356 e. The van der Waals surface area contributed by atoms with E-state index < -0.39 is 0 Å². The molecule has 0 radical (unpaired) electrons. The Labute approximate surface area is 142 Å². The summed E-state index contributed by atoms with van der Waals surface area (Å²) in [6.07, 6.45) is 6.45. The standard InChI is InChI=1S/C19H34N4/c1-17-10-12-18(13-11-17)16-22-19(20-2)21-14-8-6-5-7-9-15-23(3)4/h10-13H,5-9,14-16H2,1-4H3,(H2,20,21,22). The van der Waals surface area contributed by atoms with Crippen LogP contribution in [0.2, 0.25) is 0 Å². The summed E-state index contributed by atoms with van der Waals surface area (Å²) in [5.74, 6) is 0.887. The minimum atomic E-state index is 0.810. The molecule has 0 atom stereocenters.